The van der Waals surface area contributed by atoms with Gasteiger partial charge in [-0.25, -0.2) is 9.38 Å². The van der Waals surface area contributed by atoms with Gasteiger partial charge in [-0.15, -0.1) is 0 Å². The van der Waals surface area contributed by atoms with Crippen LogP contribution in [0.4, 0.5) is 15.8 Å². The quantitative estimate of drug-likeness (QED) is 0.538. The van der Waals surface area contributed by atoms with Crippen molar-refractivity contribution < 1.29 is 4.39 Å². The minimum Gasteiger partial charge on any atom is -0.370 e. The fourth-order valence-electron chi connectivity index (χ4n) is 2.40. The van der Waals surface area contributed by atoms with E-state index >= 15 is 0 Å². The Hall–Kier alpha value is -2.07. The van der Waals surface area contributed by atoms with Crippen LogP contribution in [0.15, 0.2) is 41.4 Å². The summed E-state index contributed by atoms with van der Waals surface area (Å²) in [5, 5.41) is 0.599. The van der Waals surface area contributed by atoms with E-state index in [0.29, 0.717) is 11.6 Å². The fourth-order valence-corrected chi connectivity index (χ4v) is 2.61. The Morgan fingerprint density at radius 1 is 1.21 bits per heavy atom. The number of anilines is 1. The molecule has 0 unspecified atom stereocenters. The van der Waals surface area contributed by atoms with E-state index in [1.54, 1.807) is 18.5 Å². The molecule has 5 heteroatoms. The predicted molar refractivity (Wildman–Crippen MR) is 101 cm³/mol. The summed E-state index contributed by atoms with van der Waals surface area (Å²) in [5.74, 6) is -0.222. The van der Waals surface area contributed by atoms with Crippen LogP contribution in [0, 0.1) is 12.7 Å². The van der Waals surface area contributed by atoms with E-state index in [4.69, 9.17) is 11.6 Å². The lowest BCUT2D eigenvalue weighted by Crippen LogP contribution is -2.17. The molecule has 0 saturated carbocycles. The lowest BCUT2D eigenvalue weighted by Gasteiger charge is -2.22. The van der Waals surface area contributed by atoms with Crippen molar-refractivity contribution in [2.24, 2.45) is 4.99 Å². The zero-order valence-electron chi connectivity index (χ0n) is 14.6. The Morgan fingerprint density at radius 2 is 1.96 bits per heavy atom. The zero-order valence-corrected chi connectivity index (χ0v) is 15.3. The summed E-state index contributed by atoms with van der Waals surface area (Å²) in [5.41, 5.74) is 3.74. The van der Waals surface area contributed by atoms with Crippen molar-refractivity contribution in [2.45, 2.75) is 20.4 Å². The van der Waals surface area contributed by atoms with Gasteiger partial charge in [0.05, 0.1) is 17.0 Å². The number of aryl methyl sites for hydroxylation is 1. The number of hydrogen-bond acceptors (Lipinski definition) is 2. The first-order chi connectivity index (χ1) is 11.4. The number of rotatable bonds is 6. The Morgan fingerprint density at radius 3 is 2.62 bits per heavy atom. The molecule has 0 fully saturated rings. The van der Waals surface area contributed by atoms with E-state index in [1.165, 1.54) is 6.07 Å². The third kappa shape index (κ3) is 4.71. The molecule has 0 aliphatic carbocycles. The van der Waals surface area contributed by atoms with Crippen LogP contribution in [0.1, 0.15) is 18.1 Å². The van der Waals surface area contributed by atoms with Crippen LogP contribution < -0.4 is 4.90 Å². The molecule has 0 atom stereocenters. The molecule has 2 aromatic carbocycles. The molecule has 24 heavy (non-hydrogen) atoms. The molecule has 0 bridgehead atoms. The highest BCUT2D eigenvalue weighted by molar-refractivity contribution is 6.33. The number of halogens is 2. The van der Waals surface area contributed by atoms with Crippen LogP contribution in [0.25, 0.3) is 0 Å². The summed E-state index contributed by atoms with van der Waals surface area (Å²) in [6, 6.07) is 10.5. The van der Waals surface area contributed by atoms with E-state index in [-0.39, 0.29) is 5.82 Å². The van der Waals surface area contributed by atoms with Crippen LogP contribution in [0.2, 0.25) is 5.02 Å². The third-order valence-corrected chi connectivity index (χ3v) is 4.18. The van der Waals surface area contributed by atoms with Crippen molar-refractivity contribution in [1.29, 1.82) is 0 Å². The number of nitrogens with zero attached hydrogens (tertiary/aromatic N) is 3. The van der Waals surface area contributed by atoms with E-state index < -0.39 is 0 Å². The Balaban J connectivity index is 2.21. The molecule has 0 aromatic heterocycles. The lowest BCUT2D eigenvalue weighted by atomic mass is 10.1. The molecule has 0 saturated heterocycles. The smallest absolute Gasteiger partial charge is 0.123 e. The summed E-state index contributed by atoms with van der Waals surface area (Å²) in [7, 11) is 3.93. The maximum absolute atomic E-state index is 13.3. The predicted octanol–water partition coefficient (Wildman–Crippen LogP) is 5.04. The lowest BCUT2D eigenvalue weighted by molar-refractivity contribution is 0.552. The SMILES string of the molecule is CCN(C)C=Nc1cc(C)c(N(C)Cc2cccc(F)c2)cc1Cl. The Kier molecular flexibility index (Phi) is 6.21. The second-order valence-electron chi connectivity index (χ2n) is 5.89. The van der Waals surface area contributed by atoms with Crippen LogP contribution in [0.3, 0.4) is 0 Å². The van der Waals surface area contributed by atoms with Gasteiger partial charge in [0.1, 0.15) is 5.82 Å². The van der Waals surface area contributed by atoms with Crippen molar-refractivity contribution in [3.63, 3.8) is 0 Å². The maximum atomic E-state index is 13.3. The molecule has 0 amide bonds. The number of hydrogen-bond donors (Lipinski definition) is 0. The molecule has 0 N–H and O–H groups in total. The molecule has 3 nitrogen and oxygen atoms in total. The highest BCUT2D eigenvalue weighted by Gasteiger charge is 2.10. The summed E-state index contributed by atoms with van der Waals surface area (Å²) in [6.45, 7) is 5.57. The monoisotopic (exact) mass is 347 g/mol. The fraction of sp³-hybridized carbons (Fsp3) is 0.316. The molecule has 0 aliphatic heterocycles. The molecule has 0 aliphatic rings. The van der Waals surface area contributed by atoms with Gasteiger partial charge in [0.15, 0.2) is 0 Å². The average molecular weight is 348 g/mol. The molecular formula is C19H23ClFN3. The van der Waals surface area contributed by atoms with Crippen LogP contribution in [-0.4, -0.2) is 31.9 Å². The highest BCUT2D eigenvalue weighted by Crippen LogP contribution is 2.33. The zero-order chi connectivity index (χ0) is 17.7. The van der Waals surface area contributed by atoms with Crippen LogP contribution >= 0.6 is 11.6 Å². The summed E-state index contributed by atoms with van der Waals surface area (Å²) in [6.07, 6.45) is 1.77. The van der Waals surface area contributed by atoms with Crippen molar-refractivity contribution in [3.05, 3.63) is 58.4 Å². The normalized spacial score (nSPS) is 11.1. The van der Waals surface area contributed by atoms with Gasteiger partial charge in [-0.3, -0.25) is 0 Å². The average Bonchev–Trinajstić information content (AvgIpc) is 2.54. The van der Waals surface area contributed by atoms with Crippen molar-refractivity contribution in [1.82, 2.24) is 4.90 Å². The molecule has 128 valence electrons. The number of aliphatic imine (C=N–C) groups is 1. The topological polar surface area (TPSA) is 18.8 Å². The maximum Gasteiger partial charge on any atom is 0.123 e. The Labute approximate surface area is 148 Å². The largest absolute Gasteiger partial charge is 0.370 e. The number of benzene rings is 2. The second-order valence-corrected chi connectivity index (χ2v) is 6.30. The highest BCUT2D eigenvalue weighted by atomic mass is 35.5. The van der Waals surface area contributed by atoms with Crippen LogP contribution in [0.5, 0.6) is 0 Å². The molecule has 0 heterocycles. The van der Waals surface area contributed by atoms with Crippen LogP contribution in [-0.2, 0) is 6.54 Å². The third-order valence-electron chi connectivity index (χ3n) is 3.88. The molecule has 2 aromatic rings. The Bertz CT molecular complexity index is 731. The second kappa shape index (κ2) is 8.15. The molecule has 0 spiro atoms. The first-order valence-corrected chi connectivity index (χ1v) is 8.28. The van der Waals surface area contributed by atoms with Gasteiger partial charge < -0.3 is 9.80 Å². The van der Waals surface area contributed by atoms with Gasteiger partial charge in [0.25, 0.3) is 0 Å². The first kappa shape index (κ1) is 18.3. The standard InChI is InChI=1S/C19H23ClFN3/c1-5-23(3)13-22-18-9-14(2)19(11-17(18)20)24(4)12-15-7-6-8-16(21)10-15/h6-11,13H,5,12H2,1-4H3. The van der Waals surface area contributed by atoms with Crippen molar-refractivity contribution >= 4 is 29.3 Å². The van der Waals surface area contributed by atoms with E-state index in [9.17, 15) is 4.39 Å². The summed E-state index contributed by atoms with van der Waals surface area (Å²) >= 11 is 6.38. The minimum atomic E-state index is -0.222. The van der Waals surface area contributed by atoms with Gasteiger partial charge in [0, 0.05) is 32.9 Å². The van der Waals surface area contributed by atoms with E-state index in [1.807, 2.05) is 44.1 Å². The molecule has 0 radical (unpaired) electrons. The van der Waals surface area contributed by atoms with E-state index in [0.717, 1.165) is 29.0 Å². The van der Waals surface area contributed by atoms with Crippen molar-refractivity contribution in [2.75, 3.05) is 25.5 Å². The van der Waals surface area contributed by atoms with Gasteiger partial charge >= 0.3 is 0 Å². The van der Waals surface area contributed by atoms with Crippen molar-refractivity contribution in [3.8, 4) is 0 Å². The van der Waals surface area contributed by atoms with E-state index in [2.05, 4.69) is 16.8 Å². The van der Waals surface area contributed by atoms with Gasteiger partial charge in [0.2, 0.25) is 0 Å². The van der Waals surface area contributed by atoms with Gasteiger partial charge in [-0.05, 0) is 49.2 Å². The minimum absolute atomic E-state index is 0.222. The van der Waals surface area contributed by atoms with Gasteiger partial charge in [-0.1, -0.05) is 23.7 Å². The summed E-state index contributed by atoms with van der Waals surface area (Å²) < 4.78 is 13.3. The first-order valence-electron chi connectivity index (χ1n) is 7.91. The summed E-state index contributed by atoms with van der Waals surface area (Å²) in [4.78, 5) is 8.47. The molecule has 2 rings (SSSR count). The van der Waals surface area contributed by atoms with Gasteiger partial charge in [-0.2, -0.15) is 0 Å². The molecular weight excluding hydrogens is 325 g/mol.